The number of fused-ring (bicyclic) bond motifs is 5. The first-order chi connectivity index (χ1) is 10.5. The predicted molar refractivity (Wildman–Crippen MR) is 94.7 cm³/mol. The van der Waals surface area contributed by atoms with Crippen LogP contribution in [0.2, 0.25) is 0 Å². The van der Waals surface area contributed by atoms with Crippen LogP contribution in [0.15, 0.2) is 0 Å². The van der Waals surface area contributed by atoms with Gasteiger partial charge in [0.05, 0.1) is 0 Å². The number of hydrogen-bond donors (Lipinski definition) is 0. The molecule has 4 saturated carbocycles. The third-order valence-corrected chi connectivity index (χ3v) is 9.83. The highest BCUT2D eigenvalue weighted by molar-refractivity contribution is 5.08. The molecule has 0 amide bonds. The molecule has 0 aromatic heterocycles. The second-order valence-electron chi connectivity index (χ2n) is 10.2. The Bertz CT molecular complexity index is 426. The fourth-order valence-corrected chi connectivity index (χ4v) is 7.98. The van der Waals surface area contributed by atoms with Gasteiger partial charge in [-0.1, -0.05) is 34.1 Å². The fraction of sp³-hybridized carbons (Fsp3) is 1.00. The van der Waals surface area contributed by atoms with Gasteiger partial charge >= 0.3 is 0 Å². The minimum atomic E-state index is 0.699. The van der Waals surface area contributed by atoms with Gasteiger partial charge in [0, 0.05) is 0 Å². The van der Waals surface area contributed by atoms with Crippen molar-refractivity contribution in [2.24, 2.45) is 46.3 Å². The van der Waals surface area contributed by atoms with E-state index in [-0.39, 0.29) is 0 Å². The Balaban J connectivity index is 1.59. The molecule has 4 rings (SSSR count). The maximum atomic E-state index is 2.72. The zero-order chi connectivity index (χ0) is 15.5. The van der Waals surface area contributed by atoms with Crippen molar-refractivity contribution < 1.29 is 0 Å². The van der Waals surface area contributed by atoms with Gasteiger partial charge in [-0.15, -0.1) is 0 Å². The summed E-state index contributed by atoms with van der Waals surface area (Å²) >= 11 is 0. The lowest BCUT2D eigenvalue weighted by Crippen LogP contribution is -2.53. The van der Waals surface area contributed by atoms with Gasteiger partial charge in [-0.05, 0) is 104 Å². The van der Waals surface area contributed by atoms with Crippen LogP contribution in [-0.4, -0.2) is 0 Å². The van der Waals surface area contributed by atoms with Gasteiger partial charge in [0.1, 0.15) is 0 Å². The maximum absolute atomic E-state index is 2.72. The van der Waals surface area contributed by atoms with Gasteiger partial charge in [0.25, 0.3) is 0 Å². The van der Waals surface area contributed by atoms with Crippen LogP contribution in [0.1, 0.15) is 91.9 Å². The number of hydrogen-bond acceptors (Lipinski definition) is 0. The first-order valence-corrected chi connectivity index (χ1v) is 10.5. The summed E-state index contributed by atoms with van der Waals surface area (Å²) in [6.07, 6.45) is 15.4. The van der Waals surface area contributed by atoms with Gasteiger partial charge in [-0.2, -0.15) is 0 Å². The van der Waals surface area contributed by atoms with Crippen LogP contribution >= 0.6 is 0 Å². The van der Waals surface area contributed by atoms with Gasteiger partial charge in [0.15, 0.2) is 0 Å². The second kappa shape index (κ2) is 5.25. The highest BCUT2D eigenvalue weighted by Gasteiger charge is 2.59. The highest BCUT2D eigenvalue weighted by Crippen LogP contribution is 2.67. The van der Waals surface area contributed by atoms with Gasteiger partial charge in [-0.25, -0.2) is 0 Å². The molecule has 0 saturated heterocycles. The molecule has 0 aromatic carbocycles. The Morgan fingerprint density at radius 3 is 2.32 bits per heavy atom. The molecule has 22 heavy (non-hydrogen) atoms. The summed E-state index contributed by atoms with van der Waals surface area (Å²) in [7, 11) is 0. The van der Waals surface area contributed by atoms with E-state index in [2.05, 4.69) is 27.7 Å². The molecule has 0 aliphatic heterocycles. The van der Waals surface area contributed by atoms with E-state index in [1.807, 2.05) is 0 Å². The molecular formula is C22H38. The first-order valence-electron chi connectivity index (χ1n) is 10.5. The molecule has 0 aromatic rings. The SMILES string of the molecule is CCC1CCC2(C)C(CCC3C4CCC(C)C4(C)CCC32)C1. The zero-order valence-corrected chi connectivity index (χ0v) is 15.5. The molecule has 4 fully saturated rings. The van der Waals surface area contributed by atoms with Crippen LogP contribution in [0, 0.1) is 46.3 Å². The summed E-state index contributed by atoms with van der Waals surface area (Å²) in [5.41, 5.74) is 1.41. The second-order valence-corrected chi connectivity index (χ2v) is 10.2. The maximum Gasteiger partial charge on any atom is -0.0266 e. The summed E-state index contributed by atoms with van der Waals surface area (Å²) in [6, 6.07) is 0. The first kappa shape index (κ1) is 15.5. The normalized spacial score (nSPS) is 57.8. The summed E-state index contributed by atoms with van der Waals surface area (Å²) in [5, 5.41) is 0. The van der Waals surface area contributed by atoms with Crippen LogP contribution < -0.4 is 0 Å². The molecule has 0 heterocycles. The van der Waals surface area contributed by atoms with Crippen LogP contribution in [0.3, 0.4) is 0 Å². The van der Waals surface area contributed by atoms with E-state index < -0.39 is 0 Å². The monoisotopic (exact) mass is 302 g/mol. The molecule has 8 unspecified atom stereocenters. The lowest BCUT2D eigenvalue weighted by atomic mass is 9.44. The van der Waals surface area contributed by atoms with Crippen molar-refractivity contribution in [3.63, 3.8) is 0 Å². The Hall–Kier alpha value is 0. The lowest BCUT2D eigenvalue weighted by Gasteiger charge is -2.61. The van der Waals surface area contributed by atoms with Crippen LogP contribution in [0.5, 0.6) is 0 Å². The van der Waals surface area contributed by atoms with Crippen molar-refractivity contribution in [3.05, 3.63) is 0 Å². The van der Waals surface area contributed by atoms with Crippen molar-refractivity contribution in [2.45, 2.75) is 91.9 Å². The average Bonchev–Trinajstić information content (AvgIpc) is 2.82. The fourth-order valence-electron chi connectivity index (χ4n) is 7.98. The summed E-state index contributed by atoms with van der Waals surface area (Å²) in [5.74, 6) is 6.34. The minimum Gasteiger partial charge on any atom is -0.0651 e. The molecule has 0 radical (unpaired) electrons. The van der Waals surface area contributed by atoms with Crippen molar-refractivity contribution in [1.82, 2.24) is 0 Å². The van der Waals surface area contributed by atoms with E-state index in [4.69, 9.17) is 0 Å². The molecule has 126 valence electrons. The molecular weight excluding hydrogens is 264 g/mol. The van der Waals surface area contributed by atoms with E-state index in [9.17, 15) is 0 Å². The van der Waals surface area contributed by atoms with Crippen LogP contribution in [0.25, 0.3) is 0 Å². The lowest BCUT2D eigenvalue weighted by molar-refractivity contribution is -0.117. The number of rotatable bonds is 1. The van der Waals surface area contributed by atoms with Crippen molar-refractivity contribution in [3.8, 4) is 0 Å². The Kier molecular flexibility index (Phi) is 3.70. The third kappa shape index (κ3) is 2.01. The van der Waals surface area contributed by atoms with E-state index in [0.717, 1.165) is 35.5 Å². The molecule has 4 aliphatic rings. The summed E-state index contributed by atoms with van der Waals surface area (Å²) < 4.78 is 0. The van der Waals surface area contributed by atoms with Gasteiger partial charge < -0.3 is 0 Å². The molecule has 0 spiro atoms. The molecule has 0 heteroatoms. The van der Waals surface area contributed by atoms with Crippen molar-refractivity contribution in [1.29, 1.82) is 0 Å². The van der Waals surface area contributed by atoms with E-state index in [1.54, 1.807) is 44.9 Å². The Morgan fingerprint density at radius 1 is 0.818 bits per heavy atom. The Morgan fingerprint density at radius 2 is 1.55 bits per heavy atom. The minimum absolute atomic E-state index is 0.699. The van der Waals surface area contributed by atoms with E-state index in [1.165, 1.54) is 19.3 Å². The molecule has 8 atom stereocenters. The third-order valence-electron chi connectivity index (χ3n) is 9.83. The quantitative estimate of drug-likeness (QED) is 0.506. The average molecular weight is 303 g/mol. The Labute approximate surface area is 138 Å². The smallest absolute Gasteiger partial charge is 0.0266 e. The van der Waals surface area contributed by atoms with Gasteiger partial charge in [0.2, 0.25) is 0 Å². The highest BCUT2D eigenvalue weighted by atomic mass is 14.6. The van der Waals surface area contributed by atoms with E-state index >= 15 is 0 Å². The van der Waals surface area contributed by atoms with E-state index in [0.29, 0.717) is 10.8 Å². The zero-order valence-electron chi connectivity index (χ0n) is 15.5. The topological polar surface area (TPSA) is 0 Å². The standard InChI is InChI=1S/C22H38/c1-5-16-10-12-22(4)17(14-16)7-8-18-19-9-6-15(2)21(19,3)13-11-20(18)22/h15-20H,5-14H2,1-4H3. The molecule has 0 nitrogen and oxygen atoms in total. The largest absolute Gasteiger partial charge is 0.0651 e. The molecule has 0 bridgehead atoms. The molecule has 0 N–H and O–H groups in total. The van der Waals surface area contributed by atoms with Gasteiger partial charge in [-0.3, -0.25) is 0 Å². The van der Waals surface area contributed by atoms with Crippen LogP contribution in [-0.2, 0) is 0 Å². The predicted octanol–water partition coefficient (Wildman–Crippen LogP) is 6.69. The summed E-state index contributed by atoms with van der Waals surface area (Å²) in [4.78, 5) is 0. The van der Waals surface area contributed by atoms with Crippen molar-refractivity contribution >= 4 is 0 Å². The summed E-state index contributed by atoms with van der Waals surface area (Å²) in [6.45, 7) is 10.4. The van der Waals surface area contributed by atoms with Crippen LogP contribution in [0.4, 0.5) is 0 Å². The molecule has 4 aliphatic carbocycles. The van der Waals surface area contributed by atoms with Crippen molar-refractivity contribution in [2.75, 3.05) is 0 Å².